The van der Waals surface area contributed by atoms with Gasteiger partial charge in [-0.05, 0) is 50.6 Å². The molecule has 1 saturated heterocycles. The largest absolute Gasteiger partial charge is 0.416 e. The first-order chi connectivity index (χ1) is 11.3. The van der Waals surface area contributed by atoms with Gasteiger partial charge in [-0.25, -0.2) is 0 Å². The van der Waals surface area contributed by atoms with Crippen LogP contribution in [0.25, 0.3) is 0 Å². The number of likely N-dealkylation sites (tertiary alicyclic amines) is 1. The van der Waals surface area contributed by atoms with Crippen LogP contribution in [0.2, 0.25) is 0 Å². The molecule has 0 aliphatic carbocycles. The minimum atomic E-state index is -4.31. The van der Waals surface area contributed by atoms with Crippen LogP contribution in [0, 0.1) is 0 Å². The van der Waals surface area contributed by atoms with Crippen LogP contribution >= 0.6 is 0 Å². The zero-order valence-electron chi connectivity index (χ0n) is 13.3. The molecule has 2 aromatic rings. The standard InChI is InChI=1S/C17H19F3N2O2/c1-22-7-6-12(15-10-16(23)21-24-15)9-14(22)8-11-2-4-13(5-3-11)17(18,19)20/h2-5,10,12,14H,6-9H2,1H3,(H,21,23)/t12-,14-/m0/s1. The fraction of sp³-hybridized carbons (Fsp3) is 0.471. The van der Waals surface area contributed by atoms with Crippen LogP contribution in [-0.4, -0.2) is 29.7 Å². The van der Waals surface area contributed by atoms with Crippen molar-refractivity contribution >= 4 is 0 Å². The monoisotopic (exact) mass is 340 g/mol. The predicted octanol–water partition coefficient (Wildman–Crippen LogP) is 3.41. The molecule has 2 atom stereocenters. The Bertz CT molecular complexity index is 733. The molecule has 0 spiro atoms. The second-order valence-electron chi connectivity index (χ2n) is 6.37. The van der Waals surface area contributed by atoms with Crippen LogP contribution in [0.15, 0.2) is 39.6 Å². The average Bonchev–Trinajstić information content (AvgIpc) is 2.96. The molecule has 24 heavy (non-hydrogen) atoms. The number of piperidine rings is 1. The average molecular weight is 340 g/mol. The Balaban J connectivity index is 1.70. The maximum atomic E-state index is 12.6. The zero-order valence-corrected chi connectivity index (χ0v) is 13.3. The van der Waals surface area contributed by atoms with Crippen molar-refractivity contribution in [2.24, 2.45) is 0 Å². The number of nitrogens with one attached hydrogen (secondary N) is 1. The molecule has 1 aliphatic heterocycles. The molecule has 0 amide bonds. The van der Waals surface area contributed by atoms with E-state index in [1.165, 1.54) is 18.2 Å². The van der Waals surface area contributed by atoms with E-state index >= 15 is 0 Å². The van der Waals surface area contributed by atoms with Crippen molar-refractivity contribution in [1.29, 1.82) is 0 Å². The van der Waals surface area contributed by atoms with E-state index in [4.69, 9.17) is 4.52 Å². The molecule has 1 fully saturated rings. The summed E-state index contributed by atoms with van der Waals surface area (Å²) < 4.78 is 43.1. The summed E-state index contributed by atoms with van der Waals surface area (Å²) in [5, 5.41) is 2.31. The first kappa shape index (κ1) is 16.8. The van der Waals surface area contributed by atoms with Gasteiger partial charge in [-0.1, -0.05) is 12.1 Å². The van der Waals surface area contributed by atoms with Crippen LogP contribution < -0.4 is 5.56 Å². The van der Waals surface area contributed by atoms with Crippen LogP contribution in [-0.2, 0) is 12.6 Å². The van der Waals surface area contributed by atoms with Crippen LogP contribution in [0.3, 0.4) is 0 Å². The van der Waals surface area contributed by atoms with E-state index in [1.54, 1.807) is 0 Å². The lowest BCUT2D eigenvalue weighted by Gasteiger charge is -2.36. The Kier molecular flexibility index (Phi) is 4.54. The number of aromatic amines is 1. The molecular weight excluding hydrogens is 321 g/mol. The normalized spacial score (nSPS) is 22.7. The van der Waals surface area contributed by atoms with Gasteiger partial charge < -0.3 is 9.42 Å². The Hall–Kier alpha value is -2.02. The Morgan fingerprint density at radius 1 is 1.29 bits per heavy atom. The number of hydrogen-bond donors (Lipinski definition) is 1. The number of halogens is 3. The lowest BCUT2D eigenvalue weighted by Crippen LogP contribution is -2.40. The van der Waals surface area contributed by atoms with Crippen molar-refractivity contribution in [2.45, 2.75) is 37.4 Å². The van der Waals surface area contributed by atoms with Crippen molar-refractivity contribution in [3.8, 4) is 0 Å². The van der Waals surface area contributed by atoms with E-state index in [-0.39, 0.29) is 17.5 Å². The number of H-pyrrole nitrogens is 1. The molecule has 1 aliphatic rings. The van der Waals surface area contributed by atoms with Crippen LogP contribution in [0.5, 0.6) is 0 Å². The third-order valence-corrected chi connectivity index (χ3v) is 4.71. The lowest BCUT2D eigenvalue weighted by atomic mass is 9.86. The highest BCUT2D eigenvalue weighted by Crippen LogP contribution is 2.33. The number of nitrogens with zero attached hydrogens (tertiary/aromatic N) is 1. The van der Waals surface area contributed by atoms with E-state index in [9.17, 15) is 18.0 Å². The van der Waals surface area contributed by atoms with E-state index in [1.807, 2.05) is 7.05 Å². The van der Waals surface area contributed by atoms with Crippen molar-refractivity contribution < 1.29 is 17.7 Å². The fourth-order valence-electron chi connectivity index (χ4n) is 3.27. The van der Waals surface area contributed by atoms with Gasteiger partial charge in [0.05, 0.1) is 5.56 Å². The summed E-state index contributed by atoms with van der Waals surface area (Å²) in [4.78, 5) is 13.4. The highest BCUT2D eigenvalue weighted by molar-refractivity contribution is 5.25. The number of benzene rings is 1. The molecule has 1 aromatic carbocycles. The number of hydrogen-bond acceptors (Lipinski definition) is 3. The minimum Gasteiger partial charge on any atom is -0.383 e. The van der Waals surface area contributed by atoms with Gasteiger partial charge in [0.25, 0.3) is 5.56 Å². The van der Waals surface area contributed by atoms with Crippen LogP contribution in [0.4, 0.5) is 13.2 Å². The summed E-state index contributed by atoms with van der Waals surface area (Å²) in [6, 6.07) is 7.00. The predicted molar refractivity (Wildman–Crippen MR) is 82.9 cm³/mol. The van der Waals surface area contributed by atoms with E-state index < -0.39 is 11.7 Å². The van der Waals surface area contributed by atoms with Gasteiger partial charge >= 0.3 is 6.18 Å². The molecule has 0 bridgehead atoms. The van der Waals surface area contributed by atoms with Gasteiger partial charge in [-0.2, -0.15) is 18.3 Å². The number of rotatable bonds is 3. The minimum absolute atomic E-state index is 0.152. The second kappa shape index (κ2) is 6.47. The van der Waals surface area contributed by atoms with Gasteiger partial charge in [-0.3, -0.25) is 4.79 Å². The van der Waals surface area contributed by atoms with E-state index in [0.29, 0.717) is 12.2 Å². The highest BCUT2D eigenvalue weighted by Gasteiger charge is 2.31. The summed E-state index contributed by atoms with van der Waals surface area (Å²) in [6.45, 7) is 0.852. The van der Waals surface area contributed by atoms with Crippen molar-refractivity contribution in [1.82, 2.24) is 10.1 Å². The molecule has 7 heteroatoms. The summed E-state index contributed by atoms with van der Waals surface area (Å²) in [7, 11) is 2.01. The van der Waals surface area contributed by atoms with E-state index in [2.05, 4.69) is 10.1 Å². The molecule has 1 aromatic heterocycles. The molecule has 0 saturated carbocycles. The molecule has 0 unspecified atom stereocenters. The molecule has 4 nitrogen and oxygen atoms in total. The van der Waals surface area contributed by atoms with E-state index in [0.717, 1.165) is 37.1 Å². The SMILES string of the molecule is CN1CC[C@H](c2cc(=O)[nH]o2)C[C@@H]1Cc1ccc(C(F)(F)F)cc1. The van der Waals surface area contributed by atoms with Crippen molar-refractivity contribution in [2.75, 3.05) is 13.6 Å². The fourth-order valence-corrected chi connectivity index (χ4v) is 3.27. The van der Waals surface area contributed by atoms with Gasteiger partial charge in [0.1, 0.15) is 5.76 Å². The molecule has 0 radical (unpaired) electrons. The quantitative estimate of drug-likeness (QED) is 0.932. The van der Waals surface area contributed by atoms with Gasteiger partial charge in [0, 0.05) is 18.0 Å². The molecule has 2 heterocycles. The highest BCUT2D eigenvalue weighted by atomic mass is 19.4. The molecule has 3 rings (SSSR count). The molecule has 130 valence electrons. The second-order valence-corrected chi connectivity index (χ2v) is 6.37. The summed E-state index contributed by atoms with van der Waals surface area (Å²) >= 11 is 0. The Morgan fingerprint density at radius 2 is 2.00 bits per heavy atom. The maximum absolute atomic E-state index is 12.6. The van der Waals surface area contributed by atoms with Gasteiger partial charge in [0.15, 0.2) is 0 Å². The smallest absolute Gasteiger partial charge is 0.383 e. The van der Waals surface area contributed by atoms with Gasteiger partial charge in [0.2, 0.25) is 0 Å². The van der Waals surface area contributed by atoms with Gasteiger partial charge in [-0.15, -0.1) is 0 Å². The number of alkyl halides is 3. The van der Waals surface area contributed by atoms with Crippen LogP contribution in [0.1, 0.15) is 35.6 Å². The Morgan fingerprint density at radius 3 is 2.58 bits per heavy atom. The van der Waals surface area contributed by atoms with Crippen molar-refractivity contribution in [3.63, 3.8) is 0 Å². The Labute approximate surface area is 137 Å². The summed E-state index contributed by atoms with van der Waals surface area (Å²) in [6.07, 6.45) is -1.95. The lowest BCUT2D eigenvalue weighted by molar-refractivity contribution is -0.137. The first-order valence-corrected chi connectivity index (χ1v) is 7.87. The summed E-state index contributed by atoms with van der Waals surface area (Å²) in [5.74, 6) is 0.810. The molecular formula is C17H19F3N2O2. The number of likely N-dealkylation sites (N-methyl/N-ethyl adjacent to an activating group) is 1. The first-order valence-electron chi connectivity index (χ1n) is 7.87. The maximum Gasteiger partial charge on any atom is 0.416 e. The third-order valence-electron chi connectivity index (χ3n) is 4.71. The zero-order chi connectivity index (χ0) is 17.3. The third kappa shape index (κ3) is 3.72. The topological polar surface area (TPSA) is 49.2 Å². The van der Waals surface area contributed by atoms with Crippen molar-refractivity contribution in [3.05, 3.63) is 57.6 Å². The summed E-state index contributed by atoms with van der Waals surface area (Å²) in [5.41, 5.74) is -0.00513. The molecule has 1 N–H and O–H groups in total. The number of aromatic nitrogens is 1.